The Bertz CT molecular complexity index is 165. The Hall–Kier alpha value is -0.310. The first kappa shape index (κ1) is 7.79. The molecule has 3 heteroatoms. The second-order valence-electron chi connectivity index (χ2n) is 2.45. The monoisotopic (exact) mass is 158 g/mol. The van der Waals surface area contributed by atoms with E-state index in [2.05, 4.69) is 0 Å². The number of carbonyl (C=O) groups excluding carboxylic acids is 2. The van der Waals surface area contributed by atoms with Gasteiger partial charge < -0.3 is 0 Å². The molecule has 2 nitrogen and oxygen atoms in total. The van der Waals surface area contributed by atoms with Crippen molar-refractivity contribution < 1.29 is 9.59 Å². The maximum Gasteiger partial charge on any atom is 0.144 e. The third kappa shape index (κ3) is 1.59. The van der Waals surface area contributed by atoms with Gasteiger partial charge in [-0.2, -0.15) is 11.8 Å². The largest absolute Gasteiger partial charge is 0.299 e. The molecule has 1 unspecified atom stereocenters. The van der Waals surface area contributed by atoms with E-state index in [-0.39, 0.29) is 17.5 Å². The summed E-state index contributed by atoms with van der Waals surface area (Å²) in [5.41, 5.74) is 0. The first-order chi connectivity index (χ1) is 4.72. The van der Waals surface area contributed by atoms with Gasteiger partial charge in [0.15, 0.2) is 0 Å². The molecule has 1 aliphatic rings. The van der Waals surface area contributed by atoms with Crippen molar-refractivity contribution in [2.45, 2.75) is 13.3 Å². The molecule has 0 aliphatic carbocycles. The molecule has 0 bridgehead atoms. The van der Waals surface area contributed by atoms with Crippen LogP contribution in [0.15, 0.2) is 0 Å². The van der Waals surface area contributed by atoms with Crippen LogP contribution in [0.2, 0.25) is 0 Å². The van der Waals surface area contributed by atoms with E-state index in [1.54, 1.807) is 11.8 Å². The van der Waals surface area contributed by atoms with Crippen molar-refractivity contribution in [2.24, 2.45) is 5.92 Å². The quantitative estimate of drug-likeness (QED) is 0.532. The summed E-state index contributed by atoms with van der Waals surface area (Å²) in [4.78, 5) is 21.8. The van der Waals surface area contributed by atoms with Gasteiger partial charge in [-0.3, -0.25) is 9.59 Å². The van der Waals surface area contributed by atoms with Crippen LogP contribution in [0.5, 0.6) is 0 Å². The number of hydrogen-bond donors (Lipinski definition) is 0. The molecule has 56 valence electrons. The molecule has 1 heterocycles. The molecule has 1 aliphatic heterocycles. The van der Waals surface area contributed by atoms with Crippen molar-refractivity contribution in [3.8, 4) is 0 Å². The lowest BCUT2D eigenvalue weighted by Gasteiger charge is -2.16. The summed E-state index contributed by atoms with van der Waals surface area (Å²) in [6.45, 7) is 1.49. The van der Waals surface area contributed by atoms with Crippen LogP contribution in [0, 0.1) is 5.92 Å². The van der Waals surface area contributed by atoms with E-state index in [0.717, 1.165) is 5.75 Å². The molecular formula is C7H10O2S. The van der Waals surface area contributed by atoms with Gasteiger partial charge in [-0.1, -0.05) is 0 Å². The van der Waals surface area contributed by atoms with Crippen molar-refractivity contribution in [3.63, 3.8) is 0 Å². The highest BCUT2D eigenvalue weighted by Crippen LogP contribution is 2.19. The third-order valence-electron chi connectivity index (χ3n) is 1.66. The van der Waals surface area contributed by atoms with Gasteiger partial charge in [-0.25, -0.2) is 0 Å². The van der Waals surface area contributed by atoms with Gasteiger partial charge >= 0.3 is 0 Å². The summed E-state index contributed by atoms with van der Waals surface area (Å²) in [7, 11) is 0. The van der Waals surface area contributed by atoms with E-state index in [0.29, 0.717) is 12.2 Å². The fourth-order valence-corrected chi connectivity index (χ4v) is 2.15. The van der Waals surface area contributed by atoms with Crippen LogP contribution in [-0.2, 0) is 9.59 Å². The molecule has 0 amide bonds. The summed E-state index contributed by atoms with van der Waals surface area (Å²) in [5.74, 6) is 1.46. The van der Waals surface area contributed by atoms with Gasteiger partial charge in [-0.15, -0.1) is 0 Å². The van der Waals surface area contributed by atoms with Gasteiger partial charge in [0.25, 0.3) is 0 Å². The van der Waals surface area contributed by atoms with E-state index >= 15 is 0 Å². The number of Topliss-reactive ketones (excluding diaryl/α,β-unsaturated/α-hetero) is 2. The van der Waals surface area contributed by atoms with E-state index in [9.17, 15) is 9.59 Å². The summed E-state index contributed by atoms with van der Waals surface area (Å²) in [6.07, 6.45) is 0.578. The Morgan fingerprint density at radius 3 is 2.80 bits per heavy atom. The highest BCUT2D eigenvalue weighted by atomic mass is 32.2. The molecule has 0 spiro atoms. The predicted molar refractivity (Wildman–Crippen MR) is 41.1 cm³/mol. The minimum Gasteiger partial charge on any atom is -0.299 e. The van der Waals surface area contributed by atoms with Gasteiger partial charge in [0.1, 0.15) is 11.6 Å². The summed E-state index contributed by atoms with van der Waals surface area (Å²) in [6, 6.07) is 0. The van der Waals surface area contributed by atoms with Crippen molar-refractivity contribution in [2.75, 3.05) is 11.5 Å². The molecule has 0 aromatic heterocycles. The van der Waals surface area contributed by atoms with Crippen LogP contribution in [0.25, 0.3) is 0 Å². The first-order valence-corrected chi connectivity index (χ1v) is 4.48. The van der Waals surface area contributed by atoms with E-state index in [1.165, 1.54) is 6.92 Å². The molecule has 0 N–H and O–H groups in total. The Morgan fingerprint density at radius 1 is 1.70 bits per heavy atom. The first-order valence-electron chi connectivity index (χ1n) is 3.32. The lowest BCUT2D eigenvalue weighted by Crippen LogP contribution is -2.28. The van der Waals surface area contributed by atoms with E-state index in [4.69, 9.17) is 0 Å². The Labute approximate surface area is 64.4 Å². The van der Waals surface area contributed by atoms with Crippen molar-refractivity contribution in [3.05, 3.63) is 0 Å². The van der Waals surface area contributed by atoms with Crippen LogP contribution in [0.1, 0.15) is 13.3 Å². The van der Waals surface area contributed by atoms with Crippen molar-refractivity contribution in [1.29, 1.82) is 0 Å². The molecule has 0 aromatic rings. The van der Waals surface area contributed by atoms with E-state index in [1.807, 2.05) is 0 Å². The molecular weight excluding hydrogens is 148 g/mol. The number of rotatable bonds is 1. The minimum absolute atomic E-state index is 0.0252. The SMILES string of the molecule is CC(=O)C1CSCCC1=O. The number of carbonyl (C=O) groups is 2. The normalized spacial score (nSPS) is 26.5. The molecule has 1 saturated heterocycles. The molecule has 0 aromatic carbocycles. The molecule has 1 rings (SSSR count). The fraction of sp³-hybridized carbons (Fsp3) is 0.714. The Morgan fingerprint density at radius 2 is 2.40 bits per heavy atom. The third-order valence-corrected chi connectivity index (χ3v) is 2.72. The zero-order chi connectivity index (χ0) is 7.56. The molecule has 0 radical (unpaired) electrons. The second kappa shape index (κ2) is 3.19. The second-order valence-corrected chi connectivity index (χ2v) is 3.60. The van der Waals surface area contributed by atoms with Gasteiger partial charge in [0, 0.05) is 17.9 Å². The maximum atomic E-state index is 11.0. The highest BCUT2D eigenvalue weighted by Gasteiger charge is 2.25. The van der Waals surface area contributed by atoms with Crippen LogP contribution < -0.4 is 0 Å². The topological polar surface area (TPSA) is 34.1 Å². The van der Waals surface area contributed by atoms with Crippen LogP contribution in [-0.4, -0.2) is 23.1 Å². The number of ketones is 2. The standard InChI is InChI=1S/C7H10O2S/c1-5(8)6-4-10-3-2-7(6)9/h6H,2-4H2,1H3. The predicted octanol–water partition coefficient (Wildman–Crippen LogP) is 0.898. The molecule has 1 atom stereocenters. The van der Waals surface area contributed by atoms with Crippen molar-refractivity contribution >= 4 is 23.3 Å². The van der Waals surface area contributed by atoms with Crippen molar-refractivity contribution in [1.82, 2.24) is 0 Å². The van der Waals surface area contributed by atoms with E-state index < -0.39 is 0 Å². The number of hydrogen-bond acceptors (Lipinski definition) is 3. The maximum absolute atomic E-state index is 11.0. The van der Waals surface area contributed by atoms with Gasteiger partial charge in [0.05, 0.1) is 5.92 Å². The van der Waals surface area contributed by atoms with Gasteiger partial charge in [-0.05, 0) is 6.92 Å². The lowest BCUT2D eigenvalue weighted by atomic mass is 10.0. The minimum atomic E-state index is -0.293. The summed E-state index contributed by atoms with van der Waals surface area (Å²) in [5, 5.41) is 0. The molecule has 1 fully saturated rings. The summed E-state index contributed by atoms with van der Waals surface area (Å²) < 4.78 is 0. The summed E-state index contributed by atoms with van der Waals surface area (Å²) >= 11 is 1.69. The lowest BCUT2D eigenvalue weighted by molar-refractivity contribution is -0.130. The fourth-order valence-electron chi connectivity index (χ4n) is 0.985. The average molecular weight is 158 g/mol. The highest BCUT2D eigenvalue weighted by molar-refractivity contribution is 7.99. The van der Waals surface area contributed by atoms with Crippen LogP contribution in [0.3, 0.4) is 0 Å². The van der Waals surface area contributed by atoms with Crippen LogP contribution >= 0.6 is 11.8 Å². The Balaban J connectivity index is 2.56. The zero-order valence-electron chi connectivity index (χ0n) is 5.92. The molecule has 0 saturated carbocycles. The zero-order valence-corrected chi connectivity index (χ0v) is 6.74. The number of thioether (sulfide) groups is 1. The Kier molecular flexibility index (Phi) is 2.49. The van der Waals surface area contributed by atoms with Crippen LogP contribution in [0.4, 0.5) is 0 Å². The smallest absolute Gasteiger partial charge is 0.144 e. The molecule has 10 heavy (non-hydrogen) atoms. The average Bonchev–Trinajstić information content (AvgIpc) is 1.88. The van der Waals surface area contributed by atoms with Gasteiger partial charge in [0.2, 0.25) is 0 Å².